The molecule has 0 saturated carbocycles. The molecule has 31 heavy (non-hydrogen) atoms. The van der Waals surface area contributed by atoms with E-state index >= 15 is 0 Å². The number of likely N-dealkylation sites (N-methyl/N-ethyl adjacent to an activating group) is 1. The number of nitrogens with zero attached hydrogens (tertiary/aromatic N) is 3. The number of piperazine rings is 1. The van der Waals surface area contributed by atoms with Crippen LogP contribution in [0.5, 0.6) is 0 Å². The Morgan fingerprint density at radius 3 is 2.23 bits per heavy atom. The first-order chi connectivity index (χ1) is 14.3. The number of sulfonamides is 1. The van der Waals surface area contributed by atoms with E-state index in [1.807, 2.05) is 6.07 Å². The van der Waals surface area contributed by atoms with Crippen molar-refractivity contribution in [2.45, 2.75) is 65.3 Å². The summed E-state index contributed by atoms with van der Waals surface area (Å²) in [5, 5.41) is 11.0. The number of quaternary nitrogens is 1. The molecule has 0 radical (unpaired) electrons. The lowest BCUT2D eigenvalue weighted by Crippen LogP contribution is -3.00. The van der Waals surface area contributed by atoms with E-state index in [4.69, 9.17) is 0 Å². The van der Waals surface area contributed by atoms with Gasteiger partial charge < -0.3 is 21.5 Å². The third-order valence-electron chi connectivity index (χ3n) is 6.36. The van der Waals surface area contributed by atoms with E-state index in [1.165, 1.54) is 31.7 Å². The topological polar surface area (TPSA) is 80.5 Å². The van der Waals surface area contributed by atoms with Crippen LogP contribution in [0.3, 0.4) is 0 Å². The maximum absolute atomic E-state index is 12.7. The molecule has 7 nitrogen and oxygen atoms in total. The Kier molecular flexibility index (Phi) is 12.2. The molecule has 0 aliphatic carbocycles. The smallest absolute Gasteiger partial charge is 0.269 e. The number of rotatable bonds is 13. The van der Waals surface area contributed by atoms with Crippen molar-refractivity contribution in [2.24, 2.45) is 0 Å². The predicted octanol–water partition coefficient (Wildman–Crippen LogP) is 1.33. The summed E-state index contributed by atoms with van der Waals surface area (Å²) in [7, 11) is -3.20. The minimum Gasteiger partial charge on any atom is -1.00 e. The third kappa shape index (κ3) is 8.79. The summed E-state index contributed by atoms with van der Waals surface area (Å²) in [6.07, 6.45) is 7.78. The highest BCUT2D eigenvalue weighted by Gasteiger charge is 2.36. The van der Waals surface area contributed by atoms with Gasteiger partial charge in [0.05, 0.1) is 43.4 Å². The Morgan fingerprint density at radius 1 is 1.03 bits per heavy atom. The number of non-ortho nitro benzene ring substituents is 1. The Balaban J connectivity index is 0.00000480. The highest BCUT2D eigenvalue weighted by molar-refractivity contribution is 7.89. The fourth-order valence-electron chi connectivity index (χ4n) is 4.26. The summed E-state index contributed by atoms with van der Waals surface area (Å²) in [5.74, 6) is 0.248. The van der Waals surface area contributed by atoms with Crippen molar-refractivity contribution >= 4 is 15.7 Å². The van der Waals surface area contributed by atoms with E-state index in [0.717, 1.165) is 48.9 Å². The minimum atomic E-state index is -3.20. The van der Waals surface area contributed by atoms with Crippen molar-refractivity contribution in [1.82, 2.24) is 4.31 Å². The van der Waals surface area contributed by atoms with Crippen LogP contribution in [0.1, 0.15) is 64.4 Å². The van der Waals surface area contributed by atoms with E-state index in [9.17, 15) is 18.5 Å². The molecule has 178 valence electrons. The average molecular weight is 521 g/mol. The molecule has 0 bridgehead atoms. The van der Waals surface area contributed by atoms with E-state index in [0.29, 0.717) is 19.6 Å². The van der Waals surface area contributed by atoms with Gasteiger partial charge in [0.1, 0.15) is 6.54 Å². The summed E-state index contributed by atoms with van der Waals surface area (Å²) in [5.41, 5.74) is 1.04. The van der Waals surface area contributed by atoms with Crippen LogP contribution in [0, 0.1) is 10.1 Å². The standard InChI is InChI=1S/C22H38N3O4S.BrH/c1-3-5-6-7-8-9-10-18-30(28,29)23-14-16-25(4-2,17-15-23)20-21-12-11-13-22(19-21)24(26)27;/h11-13,19H,3-10,14-18,20H2,1-2H3;1H/q+1;/p-1. The van der Waals surface area contributed by atoms with Crippen molar-refractivity contribution in [3.8, 4) is 0 Å². The summed E-state index contributed by atoms with van der Waals surface area (Å²) < 4.78 is 27.9. The quantitative estimate of drug-likeness (QED) is 0.170. The monoisotopic (exact) mass is 519 g/mol. The molecule has 0 unspecified atom stereocenters. The zero-order chi connectivity index (χ0) is 22.0. The largest absolute Gasteiger partial charge is 1.00 e. The molecular weight excluding hydrogens is 482 g/mol. The molecule has 0 N–H and O–H groups in total. The van der Waals surface area contributed by atoms with E-state index in [1.54, 1.807) is 16.4 Å². The van der Waals surface area contributed by atoms with Gasteiger partial charge in [0.25, 0.3) is 5.69 Å². The number of halogens is 1. The number of hydrogen-bond acceptors (Lipinski definition) is 4. The average Bonchev–Trinajstić information content (AvgIpc) is 2.73. The fraction of sp³-hybridized carbons (Fsp3) is 0.727. The van der Waals surface area contributed by atoms with Crippen molar-refractivity contribution in [1.29, 1.82) is 0 Å². The number of nitro groups is 1. The number of benzene rings is 1. The van der Waals surface area contributed by atoms with Gasteiger partial charge in [-0.2, -0.15) is 4.31 Å². The van der Waals surface area contributed by atoms with Gasteiger partial charge in [0, 0.05) is 17.7 Å². The summed E-state index contributed by atoms with van der Waals surface area (Å²) in [6, 6.07) is 6.79. The van der Waals surface area contributed by atoms with Crippen LogP contribution in [0.2, 0.25) is 0 Å². The summed E-state index contributed by atoms with van der Waals surface area (Å²) >= 11 is 0. The first kappa shape index (κ1) is 28.0. The lowest BCUT2D eigenvalue weighted by atomic mass is 10.1. The Bertz CT molecular complexity index is 781. The third-order valence-corrected chi connectivity index (χ3v) is 8.31. The molecule has 1 aromatic rings. The zero-order valence-corrected chi connectivity index (χ0v) is 21.4. The normalized spacial score (nSPS) is 16.6. The van der Waals surface area contributed by atoms with Gasteiger partial charge >= 0.3 is 0 Å². The number of unbranched alkanes of at least 4 members (excludes halogenated alkanes) is 6. The first-order valence-electron chi connectivity index (χ1n) is 11.4. The van der Waals surface area contributed by atoms with Gasteiger partial charge in [-0.25, -0.2) is 8.42 Å². The van der Waals surface area contributed by atoms with Crippen molar-refractivity contribution < 1.29 is 34.8 Å². The molecule has 1 aliphatic heterocycles. The van der Waals surface area contributed by atoms with Gasteiger partial charge in [0.15, 0.2) is 0 Å². The van der Waals surface area contributed by atoms with Gasteiger partial charge in [-0.05, 0) is 13.3 Å². The summed E-state index contributed by atoms with van der Waals surface area (Å²) in [6.45, 7) is 8.44. The van der Waals surface area contributed by atoms with Crippen molar-refractivity contribution in [3.05, 3.63) is 39.9 Å². The van der Waals surface area contributed by atoms with Gasteiger partial charge in [-0.15, -0.1) is 0 Å². The highest BCUT2D eigenvalue weighted by Crippen LogP contribution is 2.23. The van der Waals surface area contributed by atoms with Gasteiger partial charge in [0.2, 0.25) is 10.0 Å². The van der Waals surface area contributed by atoms with Crippen molar-refractivity contribution in [3.63, 3.8) is 0 Å². The maximum atomic E-state index is 12.7. The second-order valence-electron chi connectivity index (χ2n) is 8.53. The molecule has 0 spiro atoms. The molecule has 0 amide bonds. The number of nitro benzene ring substituents is 1. The Labute approximate surface area is 198 Å². The molecule has 0 atom stereocenters. The van der Waals surface area contributed by atoms with Crippen molar-refractivity contribution in [2.75, 3.05) is 38.5 Å². The summed E-state index contributed by atoms with van der Waals surface area (Å²) in [4.78, 5) is 10.7. The lowest BCUT2D eigenvalue weighted by Gasteiger charge is -2.44. The molecule has 1 aliphatic rings. The molecule has 2 rings (SSSR count). The van der Waals surface area contributed by atoms with E-state index in [2.05, 4.69) is 13.8 Å². The molecule has 9 heteroatoms. The molecule has 1 heterocycles. The zero-order valence-electron chi connectivity index (χ0n) is 19.0. The molecular formula is C22H38BrN3O4S. The highest BCUT2D eigenvalue weighted by atomic mass is 79.9. The Hall–Kier alpha value is -1.03. The molecule has 0 aromatic heterocycles. The van der Waals surface area contributed by atoms with Crippen LogP contribution in [-0.2, 0) is 16.6 Å². The van der Waals surface area contributed by atoms with Crippen LogP contribution in [0.25, 0.3) is 0 Å². The fourth-order valence-corrected chi connectivity index (χ4v) is 5.81. The van der Waals surface area contributed by atoms with E-state index < -0.39 is 10.0 Å². The van der Waals surface area contributed by atoms with E-state index in [-0.39, 0.29) is 33.3 Å². The van der Waals surface area contributed by atoms with Gasteiger partial charge in [-0.3, -0.25) is 10.1 Å². The van der Waals surface area contributed by atoms with Gasteiger partial charge in [-0.1, -0.05) is 57.6 Å². The second kappa shape index (κ2) is 13.5. The molecule has 1 aromatic carbocycles. The van der Waals surface area contributed by atoms with Crippen LogP contribution < -0.4 is 17.0 Å². The lowest BCUT2D eigenvalue weighted by molar-refractivity contribution is -0.942. The van der Waals surface area contributed by atoms with Crippen LogP contribution in [0.4, 0.5) is 5.69 Å². The molecule has 1 saturated heterocycles. The SMILES string of the molecule is CCCCCCCCCS(=O)(=O)N1CC[N+](CC)(Cc2cccc([N+](=O)[O-])c2)CC1.[Br-]. The minimum absolute atomic E-state index is 0. The Morgan fingerprint density at radius 2 is 1.65 bits per heavy atom. The second-order valence-corrected chi connectivity index (χ2v) is 10.6. The van der Waals surface area contributed by atoms with Crippen LogP contribution in [0.15, 0.2) is 24.3 Å². The van der Waals surface area contributed by atoms with Crippen LogP contribution >= 0.6 is 0 Å². The van der Waals surface area contributed by atoms with Crippen LogP contribution in [-0.4, -0.2) is 60.6 Å². The number of hydrogen-bond donors (Lipinski definition) is 0. The molecule has 1 fully saturated rings. The predicted molar refractivity (Wildman–Crippen MR) is 121 cm³/mol. The maximum Gasteiger partial charge on any atom is 0.269 e. The first-order valence-corrected chi connectivity index (χ1v) is 13.0.